The van der Waals surface area contributed by atoms with Crippen LogP contribution in [0.1, 0.15) is 59.8 Å². The van der Waals surface area contributed by atoms with Crippen LogP contribution in [0, 0.1) is 11.8 Å². The summed E-state index contributed by atoms with van der Waals surface area (Å²) in [6.45, 7) is 9.67. The van der Waals surface area contributed by atoms with Crippen molar-refractivity contribution in [1.29, 1.82) is 0 Å². The Balaban J connectivity index is 0.00000144. The van der Waals surface area contributed by atoms with Gasteiger partial charge in [-0.15, -0.1) is 0 Å². The van der Waals surface area contributed by atoms with Crippen molar-refractivity contribution in [3.8, 4) is 0 Å². The van der Waals surface area contributed by atoms with E-state index in [1.54, 1.807) is 11.1 Å². The molecule has 1 fully saturated rings. The number of rotatable bonds is 3. The van der Waals surface area contributed by atoms with Crippen molar-refractivity contribution < 1.29 is 45.1 Å². The topological polar surface area (TPSA) is 0 Å². The van der Waals surface area contributed by atoms with Crippen LogP contribution in [0.5, 0.6) is 0 Å². The summed E-state index contributed by atoms with van der Waals surface area (Å²) in [4.78, 5) is 0. The molecule has 3 aliphatic rings. The van der Waals surface area contributed by atoms with Crippen LogP contribution in [0.15, 0.2) is 42.0 Å². The number of hydrogen-bond donors (Lipinski definition) is 0. The van der Waals surface area contributed by atoms with E-state index in [2.05, 4.69) is 56.6 Å². The largest absolute Gasteiger partial charge is 1.00 e. The second-order valence-electron chi connectivity index (χ2n) is 8.03. The molecule has 3 aliphatic carbocycles. The maximum atomic E-state index is 2.79. The third-order valence-corrected chi connectivity index (χ3v) is 21.7. The molecule has 2 atom stereocenters. The summed E-state index contributed by atoms with van der Waals surface area (Å²) in [5.74, 6) is 1.38. The van der Waals surface area contributed by atoms with Gasteiger partial charge in [0.15, 0.2) is 0 Å². The molecule has 1 saturated carbocycles. The van der Waals surface area contributed by atoms with Crippen LogP contribution in [-0.2, 0) is 20.3 Å². The SMILES string of the molecule is CC1=[C]([Zr+2]([CH3])([C]2=C(C)C=CC2C)[CH]2CCCCC2)C(C)C=C1.[Cl-].[Cl-]. The van der Waals surface area contributed by atoms with Crippen LogP contribution in [0.2, 0.25) is 8.26 Å². The fraction of sp³-hybridized carbons (Fsp3) is 0.619. The molecule has 0 heterocycles. The maximum Gasteiger partial charge on any atom is -1.00 e. The Morgan fingerprint density at radius 2 is 1.21 bits per heavy atom. The molecule has 2 unspecified atom stereocenters. The van der Waals surface area contributed by atoms with E-state index in [0.29, 0.717) is 11.8 Å². The third kappa shape index (κ3) is 3.74. The molecule has 0 amide bonds. The van der Waals surface area contributed by atoms with Crippen molar-refractivity contribution in [2.75, 3.05) is 0 Å². The summed E-state index contributed by atoms with van der Waals surface area (Å²) < 4.78 is 7.66. The van der Waals surface area contributed by atoms with Gasteiger partial charge in [-0.2, -0.15) is 0 Å². The minimum absolute atomic E-state index is 0. The number of allylic oxidation sites excluding steroid dienone is 8. The van der Waals surface area contributed by atoms with E-state index in [0.717, 1.165) is 3.63 Å². The van der Waals surface area contributed by atoms with Gasteiger partial charge < -0.3 is 24.8 Å². The molecule has 0 nitrogen and oxygen atoms in total. The van der Waals surface area contributed by atoms with E-state index in [4.69, 9.17) is 0 Å². The second kappa shape index (κ2) is 8.88. The first-order chi connectivity index (χ1) is 10.5. The predicted octanol–water partition coefficient (Wildman–Crippen LogP) is 0.909. The molecule has 3 rings (SSSR count). The van der Waals surface area contributed by atoms with E-state index in [9.17, 15) is 0 Å². The molecular formula is C21H32Cl2Zr. The van der Waals surface area contributed by atoms with E-state index in [1.165, 1.54) is 32.1 Å². The standard InChI is InChI=1S/2C7H9.C6H11.CH3.2ClH.Zr/c2*1-6-3-4-7(2)5-6;1-2-4-6-5-3-1;;;;/h2*3-4,6H,1-2H3;1H,2-6H2;1H3;2*1H;/q;;;;;;+2/p-2. The van der Waals surface area contributed by atoms with Crippen molar-refractivity contribution in [3.63, 3.8) is 0 Å². The van der Waals surface area contributed by atoms with Gasteiger partial charge in [0.05, 0.1) is 0 Å². The first-order valence-corrected chi connectivity index (χ1v) is 15.6. The monoisotopic (exact) mass is 444 g/mol. The van der Waals surface area contributed by atoms with Crippen molar-refractivity contribution in [2.24, 2.45) is 11.8 Å². The Kier molecular flexibility index (Phi) is 8.31. The summed E-state index contributed by atoms with van der Waals surface area (Å²) in [5, 5.41) is 0. The molecule has 24 heavy (non-hydrogen) atoms. The zero-order valence-corrected chi connectivity index (χ0v) is 19.8. The smallest absolute Gasteiger partial charge is 1.00 e. The van der Waals surface area contributed by atoms with Crippen LogP contribution in [0.25, 0.3) is 0 Å². The van der Waals surface area contributed by atoms with Gasteiger partial charge in [-0.3, -0.25) is 0 Å². The molecule has 0 radical (unpaired) electrons. The Bertz CT molecular complexity index is 537. The van der Waals surface area contributed by atoms with Crippen LogP contribution >= 0.6 is 0 Å². The summed E-state index contributed by atoms with van der Waals surface area (Å²) in [6, 6.07) is 0. The average molecular weight is 447 g/mol. The Morgan fingerprint density at radius 1 is 0.792 bits per heavy atom. The van der Waals surface area contributed by atoms with Gasteiger partial charge in [0, 0.05) is 0 Å². The van der Waals surface area contributed by atoms with Gasteiger partial charge in [-0.25, -0.2) is 0 Å². The van der Waals surface area contributed by atoms with Crippen molar-refractivity contribution >= 4 is 0 Å². The average Bonchev–Trinajstić information content (AvgIpc) is 3.02. The maximum absolute atomic E-state index is 2.79. The summed E-state index contributed by atoms with van der Waals surface area (Å²) in [5.41, 5.74) is 3.24. The molecule has 0 aromatic rings. The molecule has 0 bridgehead atoms. The predicted molar refractivity (Wildman–Crippen MR) is 94.7 cm³/mol. The molecule has 0 saturated heterocycles. The van der Waals surface area contributed by atoms with Crippen molar-refractivity contribution in [1.82, 2.24) is 0 Å². The van der Waals surface area contributed by atoms with Gasteiger partial charge in [-0.05, 0) is 0 Å². The zero-order chi connectivity index (χ0) is 15.9. The molecule has 3 heteroatoms. The second-order valence-corrected chi connectivity index (χ2v) is 18.6. The number of hydrogen-bond acceptors (Lipinski definition) is 0. The molecule has 0 N–H and O–H groups in total. The first-order valence-electron chi connectivity index (χ1n) is 9.25. The minimum atomic E-state index is -2.55. The number of halogens is 2. The summed E-state index contributed by atoms with van der Waals surface area (Å²) >= 11 is -2.55. The minimum Gasteiger partial charge on any atom is -1.00 e. The van der Waals surface area contributed by atoms with Crippen LogP contribution < -0.4 is 24.8 Å². The van der Waals surface area contributed by atoms with Crippen LogP contribution in [0.3, 0.4) is 0 Å². The van der Waals surface area contributed by atoms with E-state index < -0.39 is 20.3 Å². The van der Waals surface area contributed by atoms with E-state index in [1.807, 2.05) is 6.56 Å². The third-order valence-electron chi connectivity index (χ3n) is 6.57. The fourth-order valence-electron chi connectivity index (χ4n) is 5.70. The molecule has 0 spiro atoms. The van der Waals surface area contributed by atoms with Crippen molar-refractivity contribution in [2.45, 2.75) is 68.1 Å². The quantitative estimate of drug-likeness (QED) is 0.605. The van der Waals surface area contributed by atoms with E-state index in [-0.39, 0.29) is 24.8 Å². The Morgan fingerprint density at radius 3 is 1.54 bits per heavy atom. The normalized spacial score (nSPS) is 28.2. The van der Waals surface area contributed by atoms with Gasteiger partial charge in [0.1, 0.15) is 0 Å². The van der Waals surface area contributed by atoms with Gasteiger partial charge in [0.2, 0.25) is 0 Å². The molecule has 0 aromatic carbocycles. The fourth-order valence-corrected chi connectivity index (χ4v) is 22.0. The summed E-state index contributed by atoms with van der Waals surface area (Å²) in [7, 11) is 0. The van der Waals surface area contributed by atoms with Crippen LogP contribution in [0.4, 0.5) is 0 Å². The van der Waals surface area contributed by atoms with Gasteiger partial charge in [-0.1, -0.05) is 0 Å². The molecule has 0 aliphatic heterocycles. The molecular weight excluding hydrogens is 414 g/mol. The first kappa shape index (κ1) is 22.5. The molecule has 0 aromatic heterocycles. The van der Waals surface area contributed by atoms with E-state index >= 15 is 0 Å². The zero-order valence-electron chi connectivity index (χ0n) is 15.8. The van der Waals surface area contributed by atoms with Crippen LogP contribution in [-0.4, -0.2) is 0 Å². The Hall–Kier alpha value is 0.423. The van der Waals surface area contributed by atoms with Gasteiger partial charge in [0.25, 0.3) is 0 Å². The molecule has 134 valence electrons. The van der Waals surface area contributed by atoms with Crippen molar-refractivity contribution in [3.05, 3.63) is 42.0 Å². The Labute approximate surface area is 166 Å². The summed E-state index contributed by atoms with van der Waals surface area (Å²) in [6.07, 6.45) is 17.2. The van der Waals surface area contributed by atoms with Gasteiger partial charge >= 0.3 is 142 Å².